The molecule has 2 rings (SSSR count). The van der Waals surface area contributed by atoms with Crippen LogP contribution in [0.5, 0.6) is 5.75 Å². The summed E-state index contributed by atoms with van der Waals surface area (Å²) in [5, 5.41) is 6.82. The zero-order chi connectivity index (χ0) is 14.9. The van der Waals surface area contributed by atoms with E-state index in [-0.39, 0.29) is 24.0 Å². The first kappa shape index (κ1) is 19.1. The smallest absolute Gasteiger partial charge is 0.191 e. The highest BCUT2D eigenvalue weighted by Crippen LogP contribution is 2.23. The number of halogens is 1. The maximum atomic E-state index is 5.66. The third-order valence-electron chi connectivity index (χ3n) is 3.99. The van der Waals surface area contributed by atoms with Crippen molar-refractivity contribution in [1.29, 1.82) is 0 Å². The quantitative estimate of drug-likeness (QED) is 0.334. The minimum Gasteiger partial charge on any atom is -0.492 e. The van der Waals surface area contributed by atoms with E-state index >= 15 is 0 Å². The molecule has 2 N–H and O–H groups in total. The Balaban J connectivity index is 0.00000242. The van der Waals surface area contributed by atoms with Crippen molar-refractivity contribution in [3.05, 3.63) is 30.3 Å². The van der Waals surface area contributed by atoms with E-state index in [4.69, 9.17) is 4.74 Å². The van der Waals surface area contributed by atoms with E-state index in [0.29, 0.717) is 12.6 Å². The molecule has 0 radical (unpaired) electrons. The molecule has 4 nitrogen and oxygen atoms in total. The van der Waals surface area contributed by atoms with E-state index in [1.54, 1.807) is 0 Å². The Bertz CT molecular complexity index is 431. The Morgan fingerprint density at radius 1 is 1.18 bits per heavy atom. The molecule has 1 saturated carbocycles. The lowest BCUT2D eigenvalue weighted by Crippen LogP contribution is -2.45. The minimum absolute atomic E-state index is 0. The highest BCUT2D eigenvalue weighted by atomic mass is 127. The number of aliphatic imine (C=N–C) groups is 1. The zero-order valence-corrected chi connectivity index (χ0v) is 15.9. The fourth-order valence-corrected chi connectivity index (χ4v) is 2.65. The molecule has 0 spiro atoms. The van der Waals surface area contributed by atoms with Gasteiger partial charge in [-0.2, -0.15) is 0 Å². The first-order chi connectivity index (χ1) is 10.3. The molecule has 1 aromatic carbocycles. The highest BCUT2D eigenvalue weighted by molar-refractivity contribution is 14.0. The lowest BCUT2D eigenvalue weighted by Gasteiger charge is -2.28. The van der Waals surface area contributed by atoms with Gasteiger partial charge in [0.1, 0.15) is 12.4 Å². The number of rotatable bonds is 5. The topological polar surface area (TPSA) is 45.7 Å². The van der Waals surface area contributed by atoms with Crippen LogP contribution in [0.2, 0.25) is 0 Å². The van der Waals surface area contributed by atoms with E-state index in [2.05, 4.69) is 22.5 Å². The van der Waals surface area contributed by atoms with Crippen LogP contribution in [-0.2, 0) is 0 Å². The van der Waals surface area contributed by atoms with Crippen LogP contribution in [0.1, 0.15) is 32.6 Å². The summed E-state index contributed by atoms with van der Waals surface area (Å²) in [5.74, 6) is 2.66. The summed E-state index contributed by atoms with van der Waals surface area (Å²) in [6, 6.07) is 10.4. The fraction of sp³-hybridized carbons (Fsp3) is 0.588. The van der Waals surface area contributed by atoms with E-state index in [1.807, 2.05) is 37.4 Å². The Morgan fingerprint density at radius 3 is 2.50 bits per heavy atom. The molecule has 0 aromatic heterocycles. The van der Waals surface area contributed by atoms with Crippen LogP contribution in [0.3, 0.4) is 0 Å². The summed E-state index contributed by atoms with van der Waals surface area (Å²) >= 11 is 0. The Labute approximate surface area is 151 Å². The van der Waals surface area contributed by atoms with Gasteiger partial charge in [-0.05, 0) is 43.7 Å². The summed E-state index contributed by atoms with van der Waals surface area (Å²) in [5.41, 5.74) is 0. The largest absolute Gasteiger partial charge is 0.492 e. The van der Waals surface area contributed by atoms with E-state index in [0.717, 1.165) is 24.2 Å². The Hall–Kier alpha value is -0.980. The van der Waals surface area contributed by atoms with Gasteiger partial charge < -0.3 is 15.4 Å². The Morgan fingerprint density at radius 2 is 1.86 bits per heavy atom. The van der Waals surface area contributed by atoms with Gasteiger partial charge in [0.15, 0.2) is 5.96 Å². The van der Waals surface area contributed by atoms with Crippen LogP contribution >= 0.6 is 24.0 Å². The first-order valence-corrected chi connectivity index (χ1v) is 7.93. The summed E-state index contributed by atoms with van der Waals surface area (Å²) in [6.45, 7) is 3.72. The van der Waals surface area contributed by atoms with Gasteiger partial charge in [-0.1, -0.05) is 25.1 Å². The van der Waals surface area contributed by atoms with E-state index in [9.17, 15) is 0 Å². The lowest BCUT2D eigenvalue weighted by atomic mass is 9.87. The van der Waals surface area contributed by atoms with Gasteiger partial charge in [0.2, 0.25) is 0 Å². The number of ether oxygens (including phenoxy) is 1. The molecule has 0 bridgehead atoms. The summed E-state index contributed by atoms with van der Waals surface area (Å²) in [4.78, 5) is 4.28. The van der Waals surface area contributed by atoms with Crippen molar-refractivity contribution < 1.29 is 4.74 Å². The second kappa shape index (κ2) is 10.7. The number of nitrogens with zero attached hydrogens (tertiary/aromatic N) is 1. The standard InChI is InChI=1S/C17H27N3O.HI/c1-14-8-10-15(11-9-14)20-17(18-2)19-12-13-21-16-6-4-3-5-7-16;/h3-7,14-15H,8-13H2,1-2H3,(H2,18,19,20);1H. The van der Waals surface area contributed by atoms with Crippen molar-refractivity contribution in [3.8, 4) is 5.75 Å². The van der Waals surface area contributed by atoms with Gasteiger partial charge in [-0.25, -0.2) is 0 Å². The van der Waals surface area contributed by atoms with Crippen LogP contribution in [-0.4, -0.2) is 32.2 Å². The van der Waals surface area contributed by atoms with E-state index < -0.39 is 0 Å². The number of para-hydroxylation sites is 1. The van der Waals surface area contributed by atoms with Crippen LogP contribution in [0.15, 0.2) is 35.3 Å². The first-order valence-electron chi connectivity index (χ1n) is 7.93. The number of nitrogens with one attached hydrogen (secondary N) is 2. The van der Waals surface area contributed by atoms with Crippen LogP contribution in [0.4, 0.5) is 0 Å². The number of benzene rings is 1. The van der Waals surface area contributed by atoms with Gasteiger partial charge >= 0.3 is 0 Å². The van der Waals surface area contributed by atoms with Gasteiger partial charge in [-0.3, -0.25) is 4.99 Å². The normalized spacial score (nSPS) is 21.6. The second-order valence-electron chi connectivity index (χ2n) is 5.76. The third-order valence-corrected chi connectivity index (χ3v) is 3.99. The van der Waals surface area contributed by atoms with Crippen LogP contribution in [0.25, 0.3) is 0 Å². The monoisotopic (exact) mass is 417 g/mol. The minimum atomic E-state index is 0. The van der Waals surface area contributed by atoms with Crippen molar-refractivity contribution in [1.82, 2.24) is 10.6 Å². The van der Waals surface area contributed by atoms with Crippen LogP contribution in [0, 0.1) is 5.92 Å². The third kappa shape index (κ3) is 6.85. The predicted octanol–water partition coefficient (Wildman–Crippen LogP) is 3.43. The molecule has 0 atom stereocenters. The fourth-order valence-electron chi connectivity index (χ4n) is 2.65. The average molecular weight is 417 g/mol. The molecular weight excluding hydrogens is 389 g/mol. The molecule has 124 valence electrons. The predicted molar refractivity (Wildman–Crippen MR) is 103 cm³/mol. The van der Waals surface area contributed by atoms with Gasteiger partial charge in [-0.15, -0.1) is 24.0 Å². The molecule has 1 aromatic rings. The van der Waals surface area contributed by atoms with E-state index in [1.165, 1.54) is 25.7 Å². The van der Waals surface area contributed by atoms with Gasteiger partial charge in [0, 0.05) is 13.1 Å². The lowest BCUT2D eigenvalue weighted by molar-refractivity contribution is 0.316. The molecular formula is C17H28IN3O. The summed E-state index contributed by atoms with van der Waals surface area (Å²) < 4.78 is 5.66. The number of hydrogen-bond donors (Lipinski definition) is 2. The zero-order valence-electron chi connectivity index (χ0n) is 13.5. The number of hydrogen-bond acceptors (Lipinski definition) is 2. The maximum Gasteiger partial charge on any atom is 0.191 e. The van der Waals surface area contributed by atoms with Gasteiger partial charge in [0.25, 0.3) is 0 Å². The van der Waals surface area contributed by atoms with Crippen LogP contribution < -0.4 is 15.4 Å². The molecule has 0 amide bonds. The molecule has 5 heteroatoms. The second-order valence-corrected chi connectivity index (χ2v) is 5.76. The molecule has 1 aliphatic carbocycles. The molecule has 0 saturated heterocycles. The summed E-state index contributed by atoms with van der Waals surface area (Å²) in [7, 11) is 1.82. The van der Waals surface area contributed by atoms with Crippen molar-refractivity contribution in [2.45, 2.75) is 38.6 Å². The number of guanidine groups is 1. The SMILES string of the molecule is CN=C(NCCOc1ccccc1)NC1CCC(C)CC1.I. The van der Waals surface area contributed by atoms with Crippen molar-refractivity contribution >= 4 is 29.9 Å². The average Bonchev–Trinajstić information content (AvgIpc) is 2.53. The molecule has 0 aliphatic heterocycles. The maximum absolute atomic E-state index is 5.66. The summed E-state index contributed by atoms with van der Waals surface area (Å²) in [6.07, 6.45) is 5.10. The molecule has 22 heavy (non-hydrogen) atoms. The van der Waals surface area contributed by atoms with Crippen molar-refractivity contribution in [2.24, 2.45) is 10.9 Å². The highest BCUT2D eigenvalue weighted by Gasteiger charge is 2.18. The Kier molecular flexibility index (Phi) is 9.27. The molecule has 1 aliphatic rings. The van der Waals surface area contributed by atoms with Crippen molar-refractivity contribution in [3.63, 3.8) is 0 Å². The molecule has 0 unspecified atom stereocenters. The molecule has 0 heterocycles. The molecule has 1 fully saturated rings. The van der Waals surface area contributed by atoms with Gasteiger partial charge in [0.05, 0.1) is 6.54 Å². The van der Waals surface area contributed by atoms with Crippen molar-refractivity contribution in [2.75, 3.05) is 20.2 Å².